The third kappa shape index (κ3) is 10.7. The van der Waals surface area contributed by atoms with Gasteiger partial charge in [-0.15, -0.1) is 0 Å². The van der Waals surface area contributed by atoms with Gasteiger partial charge in [0.1, 0.15) is 18.8 Å². The van der Waals surface area contributed by atoms with E-state index in [2.05, 4.69) is 12.2 Å². The molecular formula is C20H31NO5. The summed E-state index contributed by atoms with van der Waals surface area (Å²) in [7, 11) is 0. The van der Waals surface area contributed by atoms with Gasteiger partial charge in [-0.2, -0.15) is 0 Å². The number of hydrogen-bond donors (Lipinski definition) is 1. The van der Waals surface area contributed by atoms with Gasteiger partial charge in [0.05, 0.1) is 12.6 Å². The van der Waals surface area contributed by atoms with Crippen LogP contribution in [0.4, 0.5) is 4.79 Å². The highest BCUT2D eigenvalue weighted by Gasteiger charge is 2.18. The smallest absolute Gasteiger partial charge is 0.407 e. The maximum atomic E-state index is 12.0. The number of unbranched alkanes of at least 4 members (excludes halogenated alkanes) is 1. The van der Waals surface area contributed by atoms with Crippen molar-refractivity contribution in [1.29, 1.82) is 0 Å². The third-order valence-corrected chi connectivity index (χ3v) is 3.40. The van der Waals surface area contributed by atoms with E-state index in [1.54, 1.807) is 20.8 Å². The Labute approximate surface area is 156 Å². The third-order valence-electron chi connectivity index (χ3n) is 3.40. The fourth-order valence-corrected chi connectivity index (χ4v) is 2.23. The maximum absolute atomic E-state index is 12.0. The van der Waals surface area contributed by atoms with E-state index in [0.29, 0.717) is 0 Å². The second kappa shape index (κ2) is 11.5. The number of nitrogens with one attached hydrogen (secondary N) is 1. The van der Waals surface area contributed by atoms with Crippen LogP contribution in [0.25, 0.3) is 0 Å². The van der Waals surface area contributed by atoms with Crippen molar-refractivity contribution in [3.63, 3.8) is 0 Å². The maximum Gasteiger partial charge on any atom is 0.407 e. The minimum absolute atomic E-state index is 0.138. The number of benzene rings is 1. The van der Waals surface area contributed by atoms with Gasteiger partial charge in [0.25, 0.3) is 0 Å². The molecule has 1 atom stereocenters. The summed E-state index contributed by atoms with van der Waals surface area (Å²) in [5.41, 5.74) is 0.385. The molecule has 146 valence electrons. The second-order valence-electron chi connectivity index (χ2n) is 7.15. The predicted molar refractivity (Wildman–Crippen MR) is 99.7 cm³/mol. The first-order valence-electron chi connectivity index (χ1n) is 9.07. The molecule has 0 saturated carbocycles. The Balaban J connectivity index is 2.37. The molecule has 0 aliphatic heterocycles. The molecule has 0 radical (unpaired) electrons. The molecule has 6 nitrogen and oxygen atoms in total. The summed E-state index contributed by atoms with van der Waals surface area (Å²) in [5, 5.41) is 2.81. The average molecular weight is 365 g/mol. The van der Waals surface area contributed by atoms with Crippen LogP contribution in [0, 0.1) is 0 Å². The van der Waals surface area contributed by atoms with Crippen LogP contribution in [0.2, 0.25) is 0 Å². The highest BCUT2D eigenvalue weighted by molar-refractivity contribution is 5.71. The first kappa shape index (κ1) is 22.0. The summed E-state index contributed by atoms with van der Waals surface area (Å²) in [6.45, 7) is 7.80. The molecule has 26 heavy (non-hydrogen) atoms. The number of carbonyl (C=O) groups excluding carboxylic acids is 2. The van der Waals surface area contributed by atoms with Gasteiger partial charge in [-0.3, -0.25) is 0 Å². The van der Waals surface area contributed by atoms with Crippen molar-refractivity contribution in [2.75, 3.05) is 13.2 Å². The first-order chi connectivity index (χ1) is 12.3. The van der Waals surface area contributed by atoms with Crippen molar-refractivity contribution in [3.8, 4) is 0 Å². The fourth-order valence-electron chi connectivity index (χ4n) is 2.23. The van der Waals surface area contributed by atoms with Gasteiger partial charge in [0, 0.05) is 0 Å². The lowest BCUT2D eigenvalue weighted by Crippen LogP contribution is -2.39. The molecular weight excluding hydrogens is 334 g/mol. The van der Waals surface area contributed by atoms with Gasteiger partial charge in [0.2, 0.25) is 0 Å². The van der Waals surface area contributed by atoms with Crippen molar-refractivity contribution in [1.82, 2.24) is 5.32 Å². The topological polar surface area (TPSA) is 73.9 Å². The summed E-state index contributed by atoms with van der Waals surface area (Å²) in [6.07, 6.45) is 2.21. The zero-order chi connectivity index (χ0) is 19.4. The Morgan fingerprint density at radius 3 is 2.46 bits per heavy atom. The van der Waals surface area contributed by atoms with Gasteiger partial charge in [-0.05, 0) is 32.8 Å². The molecule has 1 amide bonds. The molecule has 0 aromatic heterocycles. The van der Waals surface area contributed by atoms with E-state index < -0.39 is 17.7 Å². The highest BCUT2D eigenvalue weighted by atomic mass is 16.6. The summed E-state index contributed by atoms with van der Waals surface area (Å²) >= 11 is 0. The van der Waals surface area contributed by atoms with Crippen LogP contribution in [0.3, 0.4) is 0 Å². The Morgan fingerprint density at radius 1 is 1.15 bits per heavy atom. The van der Waals surface area contributed by atoms with Crippen LogP contribution in [-0.2, 0) is 25.6 Å². The van der Waals surface area contributed by atoms with E-state index in [1.807, 2.05) is 30.3 Å². The lowest BCUT2D eigenvalue weighted by molar-refractivity contribution is -0.160. The fraction of sp³-hybridized carbons (Fsp3) is 0.600. The molecule has 1 rings (SSSR count). The van der Waals surface area contributed by atoms with Crippen LogP contribution in [0.1, 0.15) is 52.5 Å². The van der Waals surface area contributed by atoms with Crippen molar-refractivity contribution in [3.05, 3.63) is 35.9 Å². The average Bonchev–Trinajstić information content (AvgIpc) is 2.57. The number of hydrogen-bond acceptors (Lipinski definition) is 5. The van der Waals surface area contributed by atoms with E-state index in [4.69, 9.17) is 14.2 Å². The number of rotatable bonds is 10. The minimum atomic E-state index is -0.540. The van der Waals surface area contributed by atoms with Gasteiger partial charge in [-0.25, -0.2) is 9.59 Å². The lowest BCUT2D eigenvalue weighted by Gasteiger charge is -2.21. The van der Waals surface area contributed by atoms with E-state index >= 15 is 0 Å². The number of esters is 1. The molecule has 1 aromatic rings. The predicted octanol–water partition coefficient (Wildman–Crippen LogP) is 3.83. The number of ether oxygens (including phenoxy) is 3. The molecule has 0 aliphatic carbocycles. The lowest BCUT2D eigenvalue weighted by atomic mass is 10.1. The molecule has 0 saturated heterocycles. The van der Waals surface area contributed by atoms with Gasteiger partial charge < -0.3 is 19.5 Å². The van der Waals surface area contributed by atoms with Crippen molar-refractivity contribution >= 4 is 12.1 Å². The van der Waals surface area contributed by atoms with Crippen LogP contribution < -0.4 is 5.32 Å². The van der Waals surface area contributed by atoms with E-state index in [1.165, 1.54) is 0 Å². The molecule has 0 aliphatic rings. The van der Waals surface area contributed by atoms with Gasteiger partial charge in [-0.1, -0.05) is 50.1 Å². The normalized spacial score (nSPS) is 12.3. The van der Waals surface area contributed by atoms with Crippen molar-refractivity contribution < 1.29 is 23.8 Å². The van der Waals surface area contributed by atoms with Crippen LogP contribution in [-0.4, -0.2) is 36.9 Å². The number of carbonyl (C=O) groups is 2. The zero-order valence-corrected chi connectivity index (χ0v) is 16.2. The van der Waals surface area contributed by atoms with Crippen molar-refractivity contribution in [2.45, 2.75) is 65.2 Å². The zero-order valence-electron chi connectivity index (χ0n) is 16.2. The van der Waals surface area contributed by atoms with E-state index in [0.717, 1.165) is 24.8 Å². The van der Waals surface area contributed by atoms with Crippen LogP contribution in [0.5, 0.6) is 0 Å². The standard InChI is InChI=1S/C20H31NO5/c1-5-6-12-17(14-24-15-18(22)26-20(2,3)4)21-19(23)25-13-16-10-8-7-9-11-16/h7-11,17H,5-6,12-15H2,1-4H3,(H,21,23)/t17-/m0/s1. The molecule has 0 bridgehead atoms. The monoisotopic (exact) mass is 365 g/mol. The summed E-state index contributed by atoms with van der Waals surface area (Å²) < 4.78 is 15.8. The Kier molecular flexibility index (Phi) is 9.73. The summed E-state index contributed by atoms with van der Waals surface area (Å²) in [6, 6.07) is 9.28. The molecule has 1 N–H and O–H groups in total. The largest absolute Gasteiger partial charge is 0.458 e. The van der Waals surface area contributed by atoms with Crippen LogP contribution in [0.15, 0.2) is 30.3 Å². The highest BCUT2D eigenvalue weighted by Crippen LogP contribution is 2.08. The molecule has 0 unspecified atom stereocenters. The molecule has 0 fully saturated rings. The summed E-state index contributed by atoms with van der Waals surface area (Å²) in [5.74, 6) is -0.418. The molecule has 1 aromatic carbocycles. The molecule has 0 heterocycles. The van der Waals surface area contributed by atoms with Gasteiger partial charge in [0.15, 0.2) is 0 Å². The quantitative estimate of drug-likeness (QED) is 0.638. The number of amides is 1. The minimum Gasteiger partial charge on any atom is -0.458 e. The van der Waals surface area contributed by atoms with E-state index in [-0.39, 0.29) is 25.9 Å². The Hall–Kier alpha value is -2.08. The first-order valence-corrected chi connectivity index (χ1v) is 9.07. The Morgan fingerprint density at radius 2 is 1.85 bits per heavy atom. The summed E-state index contributed by atoms with van der Waals surface area (Å²) in [4.78, 5) is 23.7. The van der Waals surface area contributed by atoms with E-state index in [9.17, 15) is 9.59 Å². The molecule has 0 spiro atoms. The molecule has 6 heteroatoms. The second-order valence-corrected chi connectivity index (χ2v) is 7.15. The number of alkyl carbamates (subject to hydrolysis) is 1. The van der Waals surface area contributed by atoms with Crippen LogP contribution >= 0.6 is 0 Å². The SMILES string of the molecule is CCCC[C@@H](COCC(=O)OC(C)(C)C)NC(=O)OCc1ccccc1. The van der Waals surface area contributed by atoms with Gasteiger partial charge >= 0.3 is 12.1 Å². The van der Waals surface area contributed by atoms with Crippen molar-refractivity contribution in [2.24, 2.45) is 0 Å². The Bertz CT molecular complexity index is 539.